The fourth-order valence-corrected chi connectivity index (χ4v) is 2.70. The van der Waals surface area contributed by atoms with Gasteiger partial charge in [-0.2, -0.15) is 0 Å². The van der Waals surface area contributed by atoms with E-state index in [0.29, 0.717) is 16.7 Å². The van der Waals surface area contributed by atoms with Crippen LogP contribution in [0.4, 0.5) is 29.2 Å². The van der Waals surface area contributed by atoms with Gasteiger partial charge in [0, 0.05) is 17.8 Å². The summed E-state index contributed by atoms with van der Waals surface area (Å²) >= 11 is 0. The molecule has 0 aliphatic carbocycles. The molecule has 0 saturated heterocycles. The van der Waals surface area contributed by atoms with Crippen molar-refractivity contribution in [1.29, 1.82) is 0 Å². The molecular weight excluding hydrogens is 346 g/mol. The normalized spacial score (nSPS) is 11.1. The summed E-state index contributed by atoms with van der Waals surface area (Å²) in [7, 11) is 0. The molecule has 4 rings (SSSR count). The fourth-order valence-electron chi connectivity index (χ4n) is 2.70. The number of imidazole rings is 1. The van der Waals surface area contributed by atoms with Crippen molar-refractivity contribution in [3.8, 4) is 5.69 Å². The molecule has 0 radical (unpaired) electrons. The van der Waals surface area contributed by atoms with Crippen molar-refractivity contribution >= 4 is 22.7 Å². The van der Waals surface area contributed by atoms with Crippen molar-refractivity contribution in [2.75, 3.05) is 5.32 Å². The molecule has 3 aromatic carbocycles. The average molecular weight is 357 g/mol. The zero-order chi connectivity index (χ0) is 18.3. The number of aromatic nitrogens is 2. The molecule has 3 nitrogen and oxygen atoms in total. The van der Waals surface area contributed by atoms with Gasteiger partial charge in [-0.05, 0) is 36.4 Å². The van der Waals surface area contributed by atoms with E-state index in [9.17, 15) is 17.6 Å². The Hall–Kier alpha value is -3.35. The number of halogens is 4. The topological polar surface area (TPSA) is 29.9 Å². The number of nitrogens with zero attached hydrogens (tertiary/aromatic N) is 2. The van der Waals surface area contributed by atoms with Crippen molar-refractivity contribution in [2.45, 2.75) is 0 Å². The number of anilines is 2. The first kappa shape index (κ1) is 16.1. The van der Waals surface area contributed by atoms with Crippen LogP contribution in [0.5, 0.6) is 0 Å². The lowest BCUT2D eigenvalue weighted by molar-refractivity contribution is 0.508. The van der Waals surface area contributed by atoms with Gasteiger partial charge >= 0.3 is 0 Å². The van der Waals surface area contributed by atoms with E-state index in [0.717, 1.165) is 24.3 Å². The highest BCUT2D eigenvalue weighted by Gasteiger charge is 2.15. The first-order chi connectivity index (χ1) is 12.5. The number of fused-ring (bicyclic) bond motifs is 1. The molecule has 0 saturated carbocycles. The molecular formula is C19H11F4N3. The molecule has 1 aromatic heterocycles. The predicted molar refractivity (Wildman–Crippen MR) is 90.6 cm³/mol. The Labute approximate surface area is 145 Å². The highest BCUT2D eigenvalue weighted by atomic mass is 19.2. The third kappa shape index (κ3) is 2.77. The van der Waals surface area contributed by atoms with Gasteiger partial charge < -0.3 is 5.32 Å². The van der Waals surface area contributed by atoms with Crippen LogP contribution in [0.25, 0.3) is 16.7 Å². The maximum absolute atomic E-state index is 13.7. The van der Waals surface area contributed by atoms with Crippen LogP contribution in [0, 0.1) is 23.3 Å². The number of nitrogens with one attached hydrogen (secondary N) is 1. The SMILES string of the molecule is Fc1ccc(Nc2nc3ccccc3n2-c2ccc(F)c(F)c2)cc1F. The highest BCUT2D eigenvalue weighted by Crippen LogP contribution is 2.28. The summed E-state index contributed by atoms with van der Waals surface area (Å²) in [5.41, 5.74) is 1.84. The van der Waals surface area contributed by atoms with Crippen molar-refractivity contribution in [3.63, 3.8) is 0 Å². The summed E-state index contributed by atoms with van der Waals surface area (Å²) in [6, 6.07) is 13.9. The van der Waals surface area contributed by atoms with Gasteiger partial charge in [0.2, 0.25) is 5.95 Å². The van der Waals surface area contributed by atoms with E-state index in [1.54, 1.807) is 28.8 Å². The summed E-state index contributed by atoms with van der Waals surface area (Å²) in [4.78, 5) is 4.41. The second-order valence-electron chi connectivity index (χ2n) is 5.61. The smallest absolute Gasteiger partial charge is 0.213 e. The Morgan fingerprint density at radius 1 is 0.731 bits per heavy atom. The fraction of sp³-hybridized carbons (Fsp3) is 0. The van der Waals surface area contributed by atoms with Crippen LogP contribution in [0.15, 0.2) is 60.7 Å². The second kappa shape index (κ2) is 6.18. The monoisotopic (exact) mass is 357 g/mol. The van der Waals surface area contributed by atoms with Crippen molar-refractivity contribution in [1.82, 2.24) is 9.55 Å². The van der Waals surface area contributed by atoms with Crippen LogP contribution >= 0.6 is 0 Å². The first-order valence-electron chi connectivity index (χ1n) is 7.68. The molecule has 0 bridgehead atoms. The van der Waals surface area contributed by atoms with E-state index >= 15 is 0 Å². The molecule has 0 spiro atoms. The molecule has 0 amide bonds. The standard InChI is InChI=1S/C19H11F4N3/c20-13-7-5-11(9-15(13)22)24-19-25-17-3-1-2-4-18(17)26(19)12-6-8-14(21)16(23)10-12/h1-10H,(H,24,25). The number of benzene rings is 3. The minimum Gasteiger partial charge on any atom is -0.325 e. The molecule has 1 N–H and O–H groups in total. The molecule has 0 fully saturated rings. The van der Waals surface area contributed by atoms with E-state index in [2.05, 4.69) is 10.3 Å². The number of hydrogen-bond acceptors (Lipinski definition) is 2. The van der Waals surface area contributed by atoms with Gasteiger partial charge in [0.05, 0.1) is 16.7 Å². The Morgan fingerprint density at radius 3 is 2.15 bits per heavy atom. The van der Waals surface area contributed by atoms with Crippen LogP contribution in [0.2, 0.25) is 0 Å². The Bertz CT molecular complexity index is 1120. The minimum atomic E-state index is -1.01. The zero-order valence-corrected chi connectivity index (χ0v) is 13.2. The van der Waals surface area contributed by atoms with Crippen molar-refractivity contribution in [2.24, 2.45) is 0 Å². The lowest BCUT2D eigenvalue weighted by Crippen LogP contribution is -2.03. The maximum Gasteiger partial charge on any atom is 0.213 e. The number of rotatable bonds is 3. The van der Waals surface area contributed by atoms with Crippen LogP contribution in [-0.2, 0) is 0 Å². The van der Waals surface area contributed by atoms with Crippen LogP contribution in [0.3, 0.4) is 0 Å². The number of hydrogen-bond donors (Lipinski definition) is 1. The van der Waals surface area contributed by atoms with Crippen LogP contribution in [0.1, 0.15) is 0 Å². The quantitative estimate of drug-likeness (QED) is 0.503. The molecule has 130 valence electrons. The molecule has 1 heterocycles. The summed E-state index contributed by atoms with van der Waals surface area (Å²) in [6.07, 6.45) is 0. The van der Waals surface area contributed by atoms with E-state index < -0.39 is 23.3 Å². The minimum absolute atomic E-state index is 0.253. The van der Waals surface area contributed by atoms with Crippen LogP contribution in [-0.4, -0.2) is 9.55 Å². The lowest BCUT2D eigenvalue weighted by atomic mass is 10.2. The van der Waals surface area contributed by atoms with E-state index in [-0.39, 0.29) is 11.6 Å². The summed E-state index contributed by atoms with van der Waals surface area (Å²) in [6.45, 7) is 0. The lowest BCUT2D eigenvalue weighted by Gasteiger charge is -2.11. The predicted octanol–water partition coefficient (Wildman–Crippen LogP) is 5.33. The highest BCUT2D eigenvalue weighted by molar-refractivity contribution is 5.82. The van der Waals surface area contributed by atoms with Gasteiger partial charge in [0.15, 0.2) is 23.3 Å². The first-order valence-corrected chi connectivity index (χ1v) is 7.68. The van der Waals surface area contributed by atoms with Gasteiger partial charge in [-0.25, -0.2) is 22.5 Å². The van der Waals surface area contributed by atoms with Crippen molar-refractivity contribution < 1.29 is 17.6 Å². The Balaban J connectivity index is 1.88. The summed E-state index contributed by atoms with van der Waals surface area (Å²) in [5, 5.41) is 2.89. The molecule has 0 atom stereocenters. The van der Waals surface area contributed by atoms with Gasteiger partial charge in [0.25, 0.3) is 0 Å². The van der Waals surface area contributed by atoms with Gasteiger partial charge in [-0.15, -0.1) is 0 Å². The third-order valence-electron chi connectivity index (χ3n) is 3.90. The largest absolute Gasteiger partial charge is 0.325 e. The Morgan fingerprint density at radius 2 is 1.42 bits per heavy atom. The summed E-state index contributed by atoms with van der Waals surface area (Å²) < 4.78 is 55.2. The molecule has 0 aliphatic rings. The molecule has 0 aliphatic heterocycles. The van der Waals surface area contributed by atoms with Gasteiger partial charge in [0.1, 0.15) is 0 Å². The zero-order valence-electron chi connectivity index (χ0n) is 13.2. The van der Waals surface area contributed by atoms with Crippen LogP contribution < -0.4 is 5.32 Å². The maximum atomic E-state index is 13.7. The van der Waals surface area contributed by atoms with Gasteiger partial charge in [-0.1, -0.05) is 12.1 Å². The van der Waals surface area contributed by atoms with Crippen molar-refractivity contribution in [3.05, 3.63) is 83.9 Å². The second-order valence-corrected chi connectivity index (χ2v) is 5.61. The third-order valence-corrected chi connectivity index (χ3v) is 3.90. The van der Waals surface area contributed by atoms with E-state index in [1.807, 2.05) is 0 Å². The molecule has 7 heteroatoms. The summed E-state index contributed by atoms with van der Waals surface area (Å²) in [5.74, 6) is -3.69. The van der Waals surface area contributed by atoms with Gasteiger partial charge in [-0.3, -0.25) is 4.57 Å². The van der Waals surface area contributed by atoms with E-state index in [1.165, 1.54) is 12.1 Å². The Kier molecular flexibility index (Phi) is 3.84. The molecule has 4 aromatic rings. The van der Waals surface area contributed by atoms with E-state index in [4.69, 9.17) is 0 Å². The number of para-hydroxylation sites is 2. The molecule has 0 unspecified atom stereocenters. The average Bonchev–Trinajstić information content (AvgIpc) is 2.98. The molecule has 26 heavy (non-hydrogen) atoms.